The van der Waals surface area contributed by atoms with Gasteiger partial charge in [-0.05, 0) is 26.7 Å². The maximum atomic E-state index is 12.3. The van der Waals surface area contributed by atoms with Gasteiger partial charge < -0.3 is 4.90 Å². The molecule has 0 aromatic carbocycles. The Bertz CT molecular complexity index is 413. The van der Waals surface area contributed by atoms with Crippen LogP contribution in [-0.4, -0.2) is 34.1 Å². The van der Waals surface area contributed by atoms with E-state index in [-0.39, 0.29) is 5.91 Å². The first-order chi connectivity index (χ1) is 9.20. The summed E-state index contributed by atoms with van der Waals surface area (Å²) in [7, 11) is 0. The van der Waals surface area contributed by atoms with Crippen molar-refractivity contribution in [2.45, 2.75) is 56.3 Å². The minimum Gasteiger partial charge on any atom is -0.339 e. The Balaban J connectivity index is 1.85. The topological polar surface area (TPSA) is 33.2 Å². The molecule has 1 fully saturated rings. The van der Waals surface area contributed by atoms with E-state index in [1.807, 2.05) is 12.3 Å². The summed E-state index contributed by atoms with van der Waals surface area (Å²) in [5, 5.41) is 2.03. The minimum absolute atomic E-state index is 0.271. The molecular weight excluding hydrogens is 276 g/mol. The molecule has 0 spiro atoms. The maximum absolute atomic E-state index is 12.3. The lowest BCUT2D eigenvalue weighted by atomic mass is 9.94. The molecule has 1 amide bonds. The van der Waals surface area contributed by atoms with Gasteiger partial charge in [-0.2, -0.15) is 0 Å². The van der Waals surface area contributed by atoms with Crippen LogP contribution >= 0.6 is 23.1 Å². The van der Waals surface area contributed by atoms with Gasteiger partial charge in [0.1, 0.15) is 0 Å². The first-order valence-corrected chi connectivity index (χ1v) is 8.91. The Morgan fingerprint density at radius 2 is 2.21 bits per heavy atom. The molecule has 1 heterocycles. The lowest BCUT2D eigenvalue weighted by molar-refractivity contribution is -0.131. The lowest BCUT2D eigenvalue weighted by Gasteiger charge is -2.33. The average molecular weight is 298 g/mol. The van der Waals surface area contributed by atoms with Crippen LogP contribution in [0.3, 0.4) is 0 Å². The number of aromatic nitrogens is 1. The van der Waals surface area contributed by atoms with Gasteiger partial charge in [0.2, 0.25) is 5.91 Å². The lowest BCUT2D eigenvalue weighted by Crippen LogP contribution is -2.42. The molecule has 5 heteroatoms. The second-order valence-electron chi connectivity index (χ2n) is 5.02. The summed E-state index contributed by atoms with van der Waals surface area (Å²) < 4.78 is 1.01. The predicted octanol–water partition coefficient (Wildman–Crippen LogP) is 3.72. The highest BCUT2D eigenvalue weighted by Crippen LogP contribution is 2.25. The monoisotopic (exact) mass is 298 g/mol. The maximum Gasteiger partial charge on any atom is 0.233 e. The molecule has 1 aliphatic rings. The predicted molar refractivity (Wildman–Crippen MR) is 81.8 cm³/mol. The zero-order valence-corrected chi connectivity index (χ0v) is 13.4. The molecule has 2 rings (SSSR count). The zero-order valence-electron chi connectivity index (χ0n) is 11.7. The van der Waals surface area contributed by atoms with Gasteiger partial charge in [0.15, 0.2) is 4.34 Å². The third kappa shape index (κ3) is 4.21. The highest BCUT2D eigenvalue weighted by atomic mass is 32.2. The summed E-state index contributed by atoms with van der Waals surface area (Å²) in [6.45, 7) is 4.91. The number of thiazole rings is 1. The van der Waals surface area contributed by atoms with Crippen molar-refractivity contribution in [2.75, 3.05) is 12.3 Å². The molecule has 106 valence electrons. The summed E-state index contributed by atoms with van der Waals surface area (Å²) >= 11 is 3.20. The number of carbonyl (C=O) groups is 1. The van der Waals surface area contributed by atoms with Crippen LogP contribution in [-0.2, 0) is 4.79 Å². The van der Waals surface area contributed by atoms with Crippen molar-refractivity contribution in [3.8, 4) is 0 Å². The SMILES string of the molecule is CCN(C(=O)CSc1nc(C)cs1)C1CCCCC1. The summed E-state index contributed by atoms with van der Waals surface area (Å²) in [5.74, 6) is 0.796. The van der Waals surface area contributed by atoms with Crippen LogP contribution in [0, 0.1) is 6.92 Å². The van der Waals surface area contributed by atoms with Crippen LogP contribution < -0.4 is 0 Å². The van der Waals surface area contributed by atoms with E-state index < -0.39 is 0 Å². The largest absolute Gasteiger partial charge is 0.339 e. The van der Waals surface area contributed by atoms with E-state index >= 15 is 0 Å². The highest BCUT2D eigenvalue weighted by molar-refractivity contribution is 8.01. The van der Waals surface area contributed by atoms with Crippen molar-refractivity contribution in [1.29, 1.82) is 0 Å². The van der Waals surface area contributed by atoms with Gasteiger partial charge in [-0.3, -0.25) is 4.79 Å². The number of carbonyl (C=O) groups excluding carboxylic acids is 1. The number of aryl methyl sites for hydroxylation is 1. The van der Waals surface area contributed by atoms with E-state index in [0.29, 0.717) is 11.8 Å². The van der Waals surface area contributed by atoms with Crippen molar-refractivity contribution < 1.29 is 4.79 Å². The molecule has 1 aromatic heterocycles. The Hall–Kier alpha value is -0.550. The number of hydrogen-bond acceptors (Lipinski definition) is 4. The molecular formula is C14H22N2OS2. The zero-order chi connectivity index (χ0) is 13.7. The fourth-order valence-corrected chi connectivity index (χ4v) is 4.37. The van der Waals surface area contributed by atoms with Crippen LogP contribution in [0.25, 0.3) is 0 Å². The smallest absolute Gasteiger partial charge is 0.233 e. The van der Waals surface area contributed by atoms with Gasteiger partial charge in [-0.25, -0.2) is 4.98 Å². The van der Waals surface area contributed by atoms with Crippen molar-refractivity contribution >= 4 is 29.0 Å². The second-order valence-corrected chi connectivity index (χ2v) is 7.10. The molecule has 0 atom stereocenters. The van der Waals surface area contributed by atoms with Crippen LogP contribution in [0.2, 0.25) is 0 Å². The molecule has 1 aliphatic carbocycles. The number of thioether (sulfide) groups is 1. The fourth-order valence-electron chi connectivity index (χ4n) is 2.64. The van der Waals surface area contributed by atoms with E-state index in [2.05, 4.69) is 16.8 Å². The van der Waals surface area contributed by atoms with Gasteiger partial charge in [0.05, 0.1) is 5.75 Å². The summed E-state index contributed by atoms with van der Waals surface area (Å²) in [6.07, 6.45) is 6.23. The Morgan fingerprint density at radius 3 is 2.79 bits per heavy atom. The highest BCUT2D eigenvalue weighted by Gasteiger charge is 2.24. The quantitative estimate of drug-likeness (QED) is 0.777. The molecule has 19 heavy (non-hydrogen) atoms. The molecule has 0 aliphatic heterocycles. The third-order valence-electron chi connectivity index (χ3n) is 3.59. The normalized spacial score (nSPS) is 16.5. The minimum atomic E-state index is 0.271. The van der Waals surface area contributed by atoms with Crippen LogP contribution in [0.1, 0.15) is 44.7 Å². The van der Waals surface area contributed by atoms with Gasteiger partial charge in [0.25, 0.3) is 0 Å². The number of amides is 1. The fraction of sp³-hybridized carbons (Fsp3) is 0.714. The van der Waals surface area contributed by atoms with Crippen LogP contribution in [0.5, 0.6) is 0 Å². The van der Waals surface area contributed by atoms with Crippen LogP contribution in [0.4, 0.5) is 0 Å². The molecule has 3 nitrogen and oxygen atoms in total. The Kier molecular flexibility index (Phi) is 5.70. The van der Waals surface area contributed by atoms with Gasteiger partial charge in [-0.1, -0.05) is 31.0 Å². The standard InChI is InChI=1S/C14H22N2OS2/c1-3-16(12-7-5-4-6-8-12)13(17)10-19-14-15-11(2)9-18-14/h9,12H,3-8,10H2,1-2H3. The summed E-state index contributed by atoms with van der Waals surface area (Å²) in [4.78, 5) is 18.8. The molecule has 0 radical (unpaired) electrons. The third-order valence-corrected chi connectivity index (χ3v) is 5.72. The number of hydrogen-bond donors (Lipinski definition) is 0. The molecule has 0 saturated heterocycles. The molecule has 0 bridgehead atoms. The van der Waals surface area contributed by atoms with E-state index in [9.17, 15) is 4.79 Å². The Morgan fingerprint density at radius 1 is 1.47 bits per heavy atom. The van der Waals surface area contributed by atoms with E-state index in [0.717, 1.165) is 16.6 Å². The first kappa shape index (κ1) is 14.9. The summed E-state index contributed by atoms with van der Waals surface area (Å²) in [6, 6.07) is 0.477. The molecule has 0 N–H and O–H groups in total. The Labute approximate surface area is 123 Å². The number of nitrogens with zero attached hydrogens (tertiary/aromatic N) is 2. The van der Waals surface area contributed by atoms with E-state index in [1.165, 1.54) is 32.1 Å². The van der Waals surface area contributed by atoms with Gasteiger partial charge in [-0.15, -0.1) is 11.3 Å². The number of rotatable bonds is 5. The summed E-state index contributed by atoms with van der Waals surface area (Å²) in [5.41, 5.74) is 1.04. The van der Waals surface area contributed by atoms with Crippen LogP contribution in [0.15, 0.2) is 9.72 Å². The molecule has 0 unspecified atom stereocenters. The van der Waals surface area contributed by atoms with Crippen molar-refractivity contribution in [3.63, 3.8) is 0 Å². The van der Waals surface area contributed by atoms with Crippen molar-refractivity contribution in [3.05, 3.63) is 11.1 Å². The van der Waals surface area contributed by atoms with Crippen molar-refractivity contribution in [2.24, 2.45) is 0 Å². The molecule has 1 saturated carbocycles. The average Bonchev–Trinajstić information content (AvgIpc) is 2.84. The first-order valence-electron chi connectivity index (χ1n) is 7.05. The van der Waals surface area contributed by atoms with E-state index in [4.69, 9.17) is 0 Å². The second kappa shape index (κ2) is 7.29. The van der Waals surface area contributed by atoms with Gasteiger partial charge in [0, 0.05) is 23.7 Å². The van der Waals surface area contributed by atoms with Crippen molar-refractivity contribution in [1.82, 2.24) is 9.88 Å². The van der Waals surface area contributed by atoms with Gasteiger partial charge >= 0.3 is 0 Å². The van der Waals surface area contributed by atoms with E-state index in [1.54, 1.807) is 23.1 Å². The molecule has 1 aromatic rings.